The molecular weight excluding hydrogens is 439 g/mol. The normalized spacial score (nSPS) is 17.2. The Hall–Kier alpha value is -1.67. The zero-order valence-electron chi connectivity index (χ0n) is 15.5. The smallest absolute Gasteiger partial charge is 0.479 e. The standard InChI is InChI=1S/C16H15O10S2.Na/c1-25-15(17)10-8-11(27(19,20)21)12(9-6-4-3-5-7-9)13(16(18)26-2)14(10)28(22,23)24;/h3-8,12H,1-2H3,(H,19,20,21)(H,22,23,24);/q-1;+1. The third kappa shape index (κ3) is 5.28. The predicted molar refractivity (Wildman–Crippen MR) is 94.7 cm³/mol. The van der Waals surface area contributed by atoms with E-state index in [4.69, 9.17) is 0 Å². The van der Waals surface area contributed by atoms with Crippen molar-refractivity contribution in [2.75, 3.05) is 14.2 Å². The van der Waals surface area contributed by atoms with E-state index >= 15 is 0 Å². The molecule has 2 rings (SSSR count). The molecule has 0 aromatic heterocycles. The van der Waals surface area contributed by atoms with Crippen molar-refractivity contribution < 1.29 is 74.6 Å². The summed E-state index contributed by atoms with van der Waals surface area (Å²) in [6, 6.07) is 7.23. The van der Waals surface area contributed by atoms with E-state index in [0.29, 0.717) is 6.08 Å². The van der Waals surface area contributed by atoms with Gasteiger partial charge in [-0.3, -0.25) is 18.7 Å². The Balaban J connectivity index is 0.00000420. The SMILES string of the molecule is COC(=O)C1=C(S(=O)(=O)O)[C-](C(=O)OC)C(c2ccccc2)C(S(=O)(=O)O)=C1.[Na+]. The largest absolute Gasteiger partial charge is 1.00 e. The predicted octanol–water partition coefficient (Wildman–Crippen LogP) is -2.38. The number of allylic oxidation sites excluding steroid dienone is 1. The topological polar surface area (TPSA) is 161 Å². The summed E-state index contributed by atoms with van der Waals surface area (Å²) in [5.74, 6) is -5.24. The summed E-state index contributed by atoms with van der Waals surface area (Å²) in [6.45, 7) is 0. The van der Waals surface area contributed by atoms with Gasteiger partial charge in [0.1, 0.15) is 0 Å². The molecular formula is C16H15NaO10S2. The number of hydrogen-bond acceptors (Lipinski definition) is 8. The van der Waals surface area contributed by atoms with Crippen molar-refractivity contribution in [3.8, 4) is 0 Å². The minimum Gasteiger partial charge on any atom is -0.479 e. The molecule has 10 nitrogen and oxygen atoms in total. The number of esters is 2. The van der Waals surface area contributed by atoms with Crippen LogP contribution >= 0.6 is 0 Å². The number of ether oxygens (including phenoxy) is 2. The van der Waals surface area contributed by atoms with Crippen LogP contribution in [0.2, 0.25) is 0 Å². The van der Waals surface area contributed by atoms with Crippen LogP contribution in [-0.4, -0.2) is 52.1 Å². The van der Waals surface area contributed by atoms with Crippen molar-refractivity contribution in [1.82, 2.24) is 0 Å². The molecule has 0 bridgehead atoms. The van der Waals surface area contributed by atoms with E-state index < -0.39 is 59.4 Å². The summed E-state index contributed by atoms with van der Waals surface area (Å²) < 4.78 is 76.2. The fourth-order valence-electron chi connectivity index (χ4n) is 2.77. The van der Waals surface area contributed by atoms with Gasteiger partial charge in [0.2, 0.25) is 0 Å². The molecule has 0 saturated carbocycles. The Morgan fingerprint density at radius 2 is 1.52 bits per heavy atom. The van der Waals surface area contributed by atoms with Gasteiger partial charge in [0.25, 0.3) is 32.2 Å². The van der Waals surface area contributed by atoms with Crippen LogP contribution in [0.15, 0.2) is 51.8 Å². The van der Waals surface area contributed by atoms with Crippen LogP contribution < -0.4 is 29.6 Å². The maximum atomic E-state index is 12.4. The maximum absolute atomic E-state index is 12.4. The summed E-state index contributed by atoms with van der Waals surface area (Å²) in [6.07, 6.45) is 0.536. The summed E-state index contributed by atoms with van der Waals surface area (Å²) in [5.41, 5.74) is -0.873. The molecule has 1 atom stereocenters. The zero-order valence-corrected chi connectivity index (χ0v) is 19.2. The van der Waals surface area contributed by atoms with Gasteiger partial charge >= 0.3 is 29.6 Å². The van der Waals surface area contributed by atoms with Crippen molar-refractivity contribution in [2.24, 2.45) is 0 Å². The van der Waals surface area contributed by atoms with Gasteiger partial charge in [-0.25, -0.2) is 0 Å². The fourth-order valence-corrected chi connectivity index (χ4v) is 4.49. The zero-order chi connectivity index (χ0) is 21.3. The second-order valence-electron chi connectivity index (χ2n) is 5.48. The fraction of sp³-hybridized carbons (Fsp3) is 0.188. The van der Waals surface area contributed by atoms with Crippen LogP contribution in [0.4, 0.5) is 0 Å². The summed E-state index contributed by atoms with van der Waals surface area (Å²) in [7, 11) is -8.49. The average Bonchev–Trinajstić information content (AvgIpc) is 2.64. The third-order valence-corrected chi connectivity index (χ3v) is 5.75. The minimum atomic E-state index is -5.22. The second-order valence-corrected chi connectivity index (χ2v) is 8.26. The van der Waals surface area contributed by atoms with Crippen molar-refractivity contribution in [3.63, 3.8) is 0 Å². The van der Waals surface area contributed by atoms with E-state index in [1.807, 2.05) is 0 Å². The molecule has 1 aliphatic carbocycles. The molecule has 13 heteroatoms. The molecule has 1 aromatic carbocycles. The van der Waals surface area contributed by atoms with E-state index in [-0.39, 0.29) is 35.1 Å². The van der Waals surface area contributed by atoms with Crippen LogP contribution in [-0.2, 0) is 39.3 Å². The molecule has 1 unspecified atom stereocenters. The summed E-state index contributed by atoms with van der Waals surface area (Å²) >= 11 is 0. The average molecular weight is 454 g/mol. The van der Waals surface area contributed by atoms with Crippen LogP contribution in [0.3, 0.4) is 0 Å². The monoisotopic (exact) mass is 454 g/mol. The number of methoxy groups -OCH3 is 2. The molecule has 29 heavy (non-hydrogen) atoms. The Morgan fingerprint density at radius 1 is 0.966 bits per heavy atom. The molecule has 2 N–H and O–H groups in total. The molecule has 0 radical (unpaired) electrons. The van der Waals surface area contributed by atoms with Crippen LogP contribution in [0.5, 0.6) is 0 Å². The molecule has 0 heterocycles. The molecule has 0 spiro atoms. The Labute approximate surface area is 189 Å². The summed E-state index contributed by atoms with van der Waals surface area (Å²) in [5, 5.41) is 0. The number of hydrogen-bond donors (Lipinski definition) is 2. The van der Waals surface area contributed by atoms with Crippen LogP contribution in [0.1, 0.15) is 11.5 Å². The first-order valence-electron chi connectivity index (χ1n) is 7.43. The molecule has 0 fully saturated rings. The van der Waals surface area contributed by atoms with Gasteiger partial charge in [0.05, 0.1) is 14.2 Å². The van der Waals surface area contributed by atoms with Crippen molar-refractivity contribution in [3.05, 3.63) is 63.3 Å². The Kier molecular flexibility index (Phi) is 8.25. The van der Waals surface area contributed by atoms with Crippen molar-refractivity contribution in [1.29, 1.82) is 0 Å². The van der Waals surface area contributed by atoms with Gasteiger partial charge in [-0.05, 0) is 10.8 Å². The molecule has 1 aromatic rings. The van der Waals surface area contributed by atoms with Gasteiger partial charge in [-0.15, -0.1) is 6.08 Å². The molecule has 0 amide bonds. The third-order valence-electron chi connectivity index (χ3n) is 3.85. The van der Waals surface area contributed by atoms with Crippen molar-refractivity contribution >= 4 is 32.2 Å². The van der Waals surface area contributed by atoms with Crippen LogP contribution in [0.25, 0.3) is 0 Å². The second kappa shape index (κ2) is 9.43. The minimum absolute atomic E-state index is 0. The number of carbonyl (C=O) groups is 2. The number of benzene rings is 1. The first kappa shape index (κ1) is 25.4. The number of carbonyl (C=O) groups excluding carboxylic acids is 2. The van der Waals surface area contributed by atoms with Crippen molar-refractivity contribution in [2.45, 2.75) is 5.92 Å². The van der Waals surface area contributed by atoms with Gasteiger partial charge in [-0.2, -0.15) is 16.8 Å². The molecule has 1 aliphatic rings. The Bertz CT molecular complexity index is 1070. The first-order chi connectivity index (χ1) is 12.9. The van der Waals surface area contributed by atoms with Gasteiger partial charge < -0.3 is 9.47 Å². The Morgan fingerprint density at radius 3 is 1.93 bits per heavy atom. The first-order valence-corrected chi connectivity index (χ1v) is 10.3. The number of rotatable bonds is 5. The van der Waals surface area contributed by atoms with Gasteiger partial charge in [0.15, 0.2) is 0 Å². The van der Waals surface area contributed by atoms with E-state index in [2.05, 4.69) is 9.47 Å². The van der Waals surface area contributed by atoms with E-state index in [1.54, 1.807) is 6.07 Å². The van der Waals surface area contributed by atoms with E-state index in [0.717, 1.165) is 14.2 Å². The van der Waals surface area contributed by atoms with Crippen LogP contribution in [0, 0.1) is 5.92 Å². The van der Waals surface area contributed by atoms with Gasteiger partial charge in [-0.1, -0.05) is 47.4 Å². The maximum Gasteiger partial charge on any atom is 1.00 e. The molecule has 0 saturated heterocycles. The van der Waals surface area contributed by atoms with E-state index in [1.165, 1.54) is 24.3 Å². The van der Waals surface area contributed by atoms with E-state index in [9.17, 15) is 35.5 Å². The quantitative estimate of drug-likeness (QED) is 0.213. The molecule has 152 valence electrons. The van der Waals surface area contributed by atoms with Gasteiger partial charge in [0, 0.05) is 4.91 Å². The molecule has 0 aliphatic heterocycles. The summed E-state index contributed by atoms with van der Waals surface area (Å²) in [4.78, 5) is 22.4.